The molecule has 22 heteroatoms. The number of halogens is 3. The Hall–Kier alpha value is -1.36. The number of rotatable bonds is 11. The van der Waals surface area contributed by atoms with Crippen LogP contribution >= 0.6 is 23.2 Å². The Bertz CT molecular complexity index is 1710. The number of hydrogen-bond acceptors (Lipinski definition) is 2. The van der Waals surface area contributed by atoms with E-state index in [1.54, 1.807) is 36.4 Å². The summed E-state index contributed by atoms with van der Waals surface area (Å²) in [4.78, 5) is 0.416. The third-order valence-electron chi connectivity index (χ3n) is 7.70. The van der Waals surface area contributed by atoms with Crippen molar-refractivity contribution in [2.45, 2.75) is 22.6 Å². The van der Waals surface area contributed by atoms with Gasteiger partial charge in [0.05, 0.1) is 9.79 Å². The predicted molar refractivity (Wildman–Crippen MR) is 212 cm³/mol. The SMILES string of the molecule is O=S(=O)(c1ccc(Cl)cc1)c1c(CCc2ccc(Cl)cc2F)ccc2ccccc12.[B]B([B])B([B])B(B([B])[B])B(B([B])[B])B([B])[B]. The molecule has 0 aliphatic carbocycles. The van der Waals surface area contributed by atoms with Crippen LogP contribution in [-0.4, -0.2) is 123 Å². The lowest BCUT2D eigenvalue weighted by Gasteiger charge is -2.37. The highest BCUT2D eigenvalue weighted by atomic mass is 35.5. The fraction of sp³-hybridized carbons (Fsp3) is 0.0833. The minimum Gasteiger partial charge on any atom is -0.218 e. The lowest BCUT2D eigenvalue weighted by molar-refractivity contribution is 0.595. The van der Waals surface area contributed by atoms with Gasteiger partial charge in [0.1, 0.15) is 5.82 Å². The molecule has 18 radical (unpaired) electrons. The molecule has 0 aromatic heterocycles. The normalized spacial score (nSPS) is 10.8. The van der Waals surface area contributed by atoms with Crippen molar-refractivity contribution >= 4 is 158 Å². The van der Waals surface area contributed by atoms with Gasteiger partial charge in [-0.25, -0.2) is 12.8 Å². The Morgan fingerprint density at radius 1 is 0.609 bits per heavy atom. The van der Waals surface area contributed by atoms with E-state index >= 15 is 0 Å². The van der Waals surface area contributed by atoms with E-state index in [0.29, 0.717) is 39.4 Å². The third kappa shape index (κ3) is 9.85. The lowest BCUT2D eigenvalue weighted by Crippen LogP contribution is -2.75. The molecular formula is C24H17B16Cl2FO2S. The fourth-order valence-corrected chi connectivity index (χ4v) is 7.33. The molecule has 0 bridgehead atoms. The van der Waals surface area contributed by atoms with Gasteiger partial charge in [0.15, 0.2) is 0 Å². The van der Waals surface area contributed by atoms with Crippen LogP contribution in [0.15, 0.2) is 88.7 Å². The highest BCUT2D eigenvalue weighted by Crippen LogP contribution is 2.33. The van der Waals surface area contributed by atoms with Crippen LogP contribution in [0, 0.1) is 5.82 Å². The van der Waals surface area contributed by atoms with Crippen LogP contribution in [0.25, 0.3) is 10.8 Å². The van der Waals surface area contributed by atoms with Crippen molar-refractivity contribution in [1.29, 1.82) is 0 Å². The van der Waals surface area contributed by atoms with Gasteiger partial charge >= 0.3 is 0 Å². The lowest BCUT2D eigenvalue weighted by atomic mass is 8.44. The standard InChI is InChI=1S/C24H17Cl2FO2S.B16/c25-19-11-13-21(14-12-19)30(28,29)24-18(7-5-16-3-1-2-4-22(16)24)8-6-17-9-10-20(26)15-23(17)27;1-10(2)14(9)16(13(7)8)15(11(3)4)12(5)6/h1-5,7,9-15H,6,8H2;. The minimum absolute atomic E-state index is 0.169. The topological polar surface area (TPSA) is 34.1 Å². The zero-order chi connectivity index (χ0) is 34.3. The van der Waals surface area contributed by atoms with Crippen LogP contribution in [0.5, 0.6) is 0 Å². The van der Waals surface area contributed by atoms with Gasteiger partial charge in [-0.1, -0.05) is 65.7 Å². The molecule has 0 N–H and O–H groups in total. The summed E-state index contributed by atoms with van der Waals surface area (Å²) in [5.41, 5.74) is 1.13. The maximum absolute atomic E-state index is 14.2. The van der Waals surface area contributed by atoms with Crippen molar-refractivity contribution in [1.82, 2.24) is 0 Å². The Kier molecular flexibility index (Phi) is 14.7. The monoisotopic (exact) mass is 634 g/mol. The molecule has 0 saturated heterocycles. The number of hydrogen-bond donors (Lipinski definition) is 0. The van der Waals surface area contributed by atoms with Gasteiger partial charge in [-0.05, 0) is 65.8 Å². The van der Waals surface area contributed by atoms with Gasteiger partial charge in [0.2, 0.25) is 9.84 Å². The molecule has 4 rings (SSSR count). The summed E-state index contributed by atoms with van der Waals surface area (Å²) in [6, 6.07) is 21.7. The van der Waals surface area contributed by atoms with Gasteiger partial charge < -0.3 is 0 Å². The maximum Gasteiger partial charge on any atom is 0.207 e. The van der Waals surface area contributed by atoms with E-state index in [1.807, 2.05) is 24.3 Å². The number of benzene rings is 4. The molecular weight excluding hydrogens is 615 g/mol. The third-order valence-corrected chi connectivity index (χ3v) is 10.1. The van der Waals surface area contributed by atoms with Crippen LogP contribution in [0.1, 0.15) is 11.1 Å². The van der Waals surface area contributed by atoms with Crippen molar-refractivity contribution in [3.63, 3.8) is 0 Å². The highest BCUT2D eigenvalue weighted by Gasteiger charge is 2.38. The second-order valence-corrected chi connectivity index (χ2v) is 13.8. The van der Waals surface area contributed by atoms with Crippen molar-refractivity contribution in [3.8, 4) is 0 Å². The first-order valence-electron chi connectivity index (χ1n) is 14.3. The predicted octanol–water partition coefficient (Wildman–Crippen LogP) is 0.811. The summed E-state index contributed by atoms with van der Waals surface area (Å²) < 4.78 is 41.4. The molecule has 0 atom stereocenters. The molecule has 0 spiro atoms. The van der Waals surface area contributed by atoms with Gasteiger partial charge in [-0.3, -0.25) is 0 Å². The van der Waals surface area contributed by atoms with Crippen LogP contribution in [0.2, 0.25) is 10.0 Å². The Labute approximate surface area is 297 Å². The molecule has 0 aliphatic rings. The quantitative estimate of drug-likeness (QED) is 0.230. The largest absolute Gasteiger partial charge is 0.218 e. The van der Waals surface area contributed by atoms with E-state index in [4.69, 9.17) is 92.8 Å². The zero-order valence-corrected chi connectivity index (χ0v) is 27.3. The van der Waals surface area contributed by atoms with Gasteiger partial charge in [-0.2, -0.15) is 0 Å². The number of aryl methyl sites for hydroxylation is 2. The summed E-state index contributed by atoms with van der Waals surface area (Å²) in [5, 5.41) is 2.26. The number of sulfone groups is 1. The van der Waals surface area contributed by atoms with Gasteiger partial charge in [0.25, 0.3) is 0 Å². The number of fused-ring (bicyclic) bond motifs is 1. The van der Waals surface area contributed by atoms with E-state index in [2.05, 4.69) is 0 Å². The molecule has 0 unspecified atom stereocenters. The van der Waals surface area contributed by atoms with Crippen molar-refractivity contribution < 1.29 is 12.8 Å². The van der Waals surface area contributed by atoms with Gasteiger partial charge in [-0.15, -0.1) is 0 Å². The molecule has 46 heavy (non-hydrogen) atoms. The maximum atomic E-state index is 14.2. The van der Waals surface area contributed by atoms with Crippen molar-refractivity contribution in [2.24, 2.45) is 0 Å². The Morgan fingerprint density at radius 2 is 1.13 bits per heavy atom. The molecule has 4 aromatic carbocycles. The van der Waals surface area contributed by atoms with Gasteiger partial charge in [0, 0.05) is 130 Å². The van der Waals surface area contributed by atoms with E-state index in [9.17, 15) is 12.8 Å². The van der Waals surface area contributed by atoms with Crippen LogP contribution in [-0.2, 0) is 22.7 Å². The van der Waals surface area contributed by atoms with Crippen molar-refractivity contribution in [3.05, 3.63) is 106 Å². The Balaban J connectivity index is 0.000000307. The molecule has 0 fully saturated rings. The first-order valence-corrected chi connectivity index (χ1v) is 16.6. The van der Waals surface area contributed by atoms with Crippen LogP contribution in [0.3, 0.4) is 0 Å². The molecule has 0 amide bonds. The van der Waals surface area contributed by atoms with E-state index in [-0.39, 0.29) is 9.79 Å². The first-order chi connectivity index (χ1) is 21.6. The van der Waals surface area contributed by atoms with Crippen LogP contribution in [0.4, 0.5) is 4.39 Å². The minimum atomic E-state index is -3.81. The smallest absolute Gasteiger partial charge is 0.207 e. The molecule has 200 valence electrons. The highest BCUT2D eigenvalue weighted by molar-refractivity contribution is 8.13. The summed E-state index contributed by atoms with van der Waals surface area (Å²) >= 11 is 11.8. The average Bonchev–Trinajstić information content (AvgIpc) is 2.98. The average molecular weight is 632 g/mol. The summed E-state index contributed by atoms with van der Waals surface area (Å²) in [6.45, 7) is 0. The second kappa shape index (κ2) is 17.3. The molecule has 0 saturated carbocycles. The van der Waals surface area contributed by atoms with Crippen molar-refractivity contribution in [2.75, 3.05) is 0 Å². The van der Waals surface area contributed by atoms with E-state index in [0.717, 1.165) is 5.39 Å². The zero-order valence-electron chi connectivity index (χ0n) is 25.0. The van der Waals surface area contributed by atoms with E-state index < -0.39 is 60.4 Å². The second-order valence-electron chi connectivity index (χ2n) is 11.0. The van der Waals surface area contributed by atoms with E-state index in [1.165, 1.54) is 18.2 Å². The summed E-state index contributed by atoms with van der Waals surface area (Å²) in [5.74, 6) is -0.398. The summed E-state index contributed by atoms with van der Waals surface area (Å²) in [7, 11) is 46.5. The molecule has 0 aliphatic heterocycles. The first kappa shape index (κ1) is 39.1. The summed E-state index contributed by atoms with van der Waals surface area (Å²) in [6.07, 6.45) is -4.30. The molecule has 2 nitrogen and oxygen atoms in total. The fourth-order valence-electron chi connectivity index (χ4n) is 5.32. The molecule has 0 heterocycles. The Morgan fingerprint density at radius 3 is 1.67 bits per heavy atom. The van der Waals surface area contributed by atoms with Crippen LogP contribution < -0.4 is 0 Å². The molecule has 4 aromatic rings.